The molecule has 1 aliphatic rings. The Morgan fingerprint density at radius 1 is 1.41 bits per heavy atom. The van der Waals surface area contributed by atoms with Gasteiger partial charge in [0.1, 0.15) is 0 Å². The highest BCUT2D eigenvalue weighted by atomic mass is 35.5. The van der Waals surface area contributed by atoms with Crippen molar-refractivity contribution in [2.45, 2.75) is 50.8 Å². The summed E-state index contributed by atoms with van der Waals surface area (Å²) in [5.74, 6) is -2.59. The van der Waals surface area contributed by atoms with Crippen molar-refractivity contribution in [1.29, 1.82) is 0 Å². The van der Waals surface area contributed by atoms with Gasteiger partial charge in [-0.15, -0.1) is 0 Å². The fraction of sp³-hybridized carbons (Fsp3) is 0.600. The fourth-order valence-electron chi connectivity index (χ4n) is 2.63. The minimum atomic E-state index is -2.94. The van der Waals surface area contributed by atoms with Crippen LogP contribution in [0.1, 0.15) is 54.5 Å². The van der Waals surface area contributed by atoms with Crippen LogP contribution in [0.15, 0.2) is 24.3 Å². The molecule has 1 saturated carbocycles. The highest BCUT2D eigenvalue weighted by molar-refractivity contribution is 6.30. The Kier molecular flexibility index (Phi) is 1.93. The number of hydrogen-bond donors (Lipinski definition) is 1. The predicted molar refractivity (Wildman–Crippen MR) is 74.4 cm³/mol. The second-order valence-corrected chi connectivity index (χ2v) is 5.24. The minimum absolute atomic E-state index is 0.414. The molecule has 1 nitrogen and oxygen atoms in total. The molecular weight excluding hydrogens is 230 g/mol. The van der Waals surface area contributed by atoms with Crippen LogP contribution in [0.25, 0.3) is 0 Å². The molecule has 0 radical (unpaired) electrons. The first-order valence-electron chi connectivity index (χ1n) is 9.35. The maximum absolute atomic E-state index is 8.20. The van der Waals surface area contributed by atoms with E-state index in [9.17, 15) is 0 Å². The van der Waals surface area contributed by atoms with Gasteiger partial charge in [-0.25, -0.2) is 0 Å². The Hall–Kier alpha value is -0.530. The molecule has 0 heterocycles. The Morgan fingerprint density at radius 2 is 2.06 bits per heavy atom. The van der Waals surface area contributed by atoms with Crippen molar-refractivity contribution in [2.75, 3.05) is 0 Å². The molecule has 1 unspecified atom stereocenters. The second kappa shape index (κ2) is 4.99. The zero-order chi connectivity index (χ0) is 18.4. The van der Waals surface area contributed by atoms with Gasteiger partial charge in [-0.1, -0.05) is 43.9 Å². The molecule has 2 heteroatoms. The third kappa shape index (κ3) is 2.51. The van der Waals surface area contributed by atoms with Crippen LogP contribution >= 0.6 is 11.6 Å². The van der Waals surface area contributed by atoms with E-state index >= 15 is 0 Å². The number of hydrogen-bond acceptors (Lipinski definition) is 1. The van der Waals surface area contributed by atoms with E-state index in [2.05, 4.69) is 0 Å². The van der Waals surface area contributed by atoms with Gasteiger partial charge in [-0.3, -0.25) is 0 Å². The van der Waals surface area contributed by atoms with Crippen LogP contribution in [0.5, 0.6) is 0 Å². The molecule has 0 aromatic heterocycles. The molecule has 1 aromatic rings. The highest BCUT2D eigenvalue weighted by Gasteiger charge is 2.43. The molecule has 0 amide bonds. The summed E-state index contributed by atoms with van der Waals surface area (Å²) in [6, 6.07) is 6.44. The van der Waals surface area contributed by atoms with Crippen molar-refractivity contribution in [1.82, 2.24) is 0 Å². The maximum atomic E-state index is 8.20. The Balaban J connectivity index is 2.35. The summed E-state index contributed by atoms with van der Waals surface area (Å²) >= 11 is 5.92. The molecule has 0 saturated heterocycles. The van der Waals surface area contributed by atoms with E-state index in [1.807, 2.05) is 12.1 Å². The number of rotatable bonds is 4. The van der Waals surface area contributed by atoms with Crippen molar-refractivity contribution >= 4 is 11.6 Å². The lowest BCUT2D eigenvalue weighted by Crippen LogP contribution is -2.50. The van der Waals surface area contributed by atoms with Gasteiger partial charge in [0.2, 0.25) is 0 Å². The van der Waals surface area contributed by atoms with Gasteiger partial charge in [-0.2, -0.15) is 0 Å². The van der Waals surface area contributed by atoms with Crippen LogP contribution in [0.2, 0.25) is 5.02 Å². The zero-order valence-electron chi connectivity index (χ0n) is 16.7. The third-order valence-electron chi connectivity index (χ3n) is 3.80. The summed E-state index contributed by atoms with van der Waals surface area (Å²) in [6.45, 7) is -5.89. The second-order valence-electron chi connectivity index (χ2n) is 4.81. The quantitative estimate of drug-likeness (QED) is 0.863. The zero-order valence-corrected chi connectivity index (χ0v) is 10.4. The van der Waals surface area contributed by atoms with Crippen LogP contribution in [0, 0.1) is 5.89 Å². The molecule has 94 valence electrons. The standard InChI is InChI=1S/C15H22ClN/c1-11(2)10-14(17)15(8-3-9-15)12-4-6-13(16)7-5-12/h4-7,11,14H,3,8-10,17H2,1-2H3/i1D3,2D3,11D. The van der Waals surface area contributed by atoms with Gasteiger partial charge in [0.05, 0.1) is 0 Å². The SMILES string of the molecule is [2H]C([2H])([2H])C([2H])(CC(N)C1(c2ccc(Cl)cc2)CCC1)C([2H])([2H])[2H]. The van der Waals surface area contributed by atoms with E-state index in [0.29, 0.717) is 5.02 Å². The van der Waals surface area contributed by atoms with Crippen molar-refractivity contribution in [3.05, 3.63) is 34.9 Å². The summed E-state index contributed by atoms with van der Waals surface area (Å²) in [7, 11) is 0. The summed E-state index contributed by atoms with van der Waals surface area (Å²) in [4.78, 5) is 0. The average molecular weight is 259 g/mol. The molecule has 2 N–H and O–H groups in total. The molecule has 0 spiro atoms. The van der Waals surface area contributed by atoms with E-state index in [4.69, 9.17) is 26.9 Å². The van der Waals surface area contributed by atoms with Crippen molar-refractivity contribution in [3.8, 4) is 0 Å². The summed E-state index contributed by atoms with van der Waals surface area (Å²) in [5, 5.41) is 0.585. The molecule has 2 rings (SSSR count). The van der Waals surface area contributed by atoms with Gasteiger partial charge in [0.25, 0.3) is 0 Å². The number of halogens is 1. The number of benzene rings is 1. The monoisotopic (exact) mass is 258 g/mol. The lowest BCUT2D eigenvalue weighted by atomic mass is 9.59. The van der Waals surface area contributed by atoms with E-state index in [1.165, 1.54) is 0 Å². The Labute approximate surface area is 119 Å². The highest BCUT2D eigenvalue weighted by Crippen LogP contribution is 2.47. The lowest BCUT2D eigenvalue weighted by molar-refractivity contribution is 0.178. The molecule has 0 aliphatic heterocycles. The molecule has 1 aliphatic carbocycles. The maximum Gasteiger partial charge on any atom is 0.0406 e. The fourth-order valence-corrected chi connectivity index (χ4v) is 2.75. The van der Waals surface area contributed by atoms with Gasteiger partial charge in [-0.05, 0) is 42.9 Å². The largest absolute Gasteiger partial charge is 0.327 e. The molecule has 0 bridgehead atoms. The van der Waals surface area contributed by atoms with Gasteiger partial charge >= 0.3 is 0 Å². The van der Waals surface area contributed by atoms with E-state index in [0.717, 1.165) is 24.8 Å². The molecule has 1 aromatic carbocycles. The molecular formula is C15H22ClN. The number of nitrogens with two attached hydrogens (primary N) is 1. The first-order chi connectivity index (χ1) is 10.8. The van der Waals surface area contributed by atoms with E-state index < -0.39 is 37.5 Å². The normalized spacial score (nSPS) is 28.2. The summed E-state index contributed by atoms with van der Waals surface area (Å²) in [5.41, 5.74) is 6.74. The van der Waals surface area contributed by atoms with E-state index in [-0.39, 0.29) is 0 Å². The van der Waals surface area contributed by atoms with Crippen LogP contribution < -0.4 is 5.73 Å². The van der Waals surface area contributed by atoms with Crippen LogP contribution in [-0.2, 0) is 5.41 Å². The van der Waals surface area contributed by atoms with Gasteiger partial charge < -0.3 is 5.73 Å². The smallest absolute Gasteiger partial charge is 0.0406 e. The first-order valence-corrected chi connectivity index (χ1v) is 6.23. The Bertz CT molecular complexity index is 561. The van der Waals surface area contributed by atoms with Crippen LogP contribution in [0.3, 0.4) is 0 Å². The third-order valence-corrected chi connectivity index (χ3v) is 4.05. The molecule has 17 heavy (non-hydrogen) atoms. The molecule has 1 atom stereocenters. The first kappa shape index (κ1) is 6.58. The van der Waals surface area contributed by atoms with Crippen LogP contribution in [0.4, 0.5) is 0 Å². The predicted octanol–water partition coefficient (Wildman–Crippen LogP) is 4.14. The lowest BCUT2D eigenvalue weighted by Gasteiger charge is -2.47. The van der Waals surface area contributed by atoms with Gasteiger partial charge in [0, 0.05) is 26.1 Å². The van der Waals surface area contributed by atoms with Crippen LogP contribution in [-0.4, -0.2) is 6.04 Å². The molecule has 1 fully saturated rings. The summed E-state index contributed by atoms with van der Waals surface area (Å²) in [6.07, 6.45) is 2.01. The van der Waals surface area contributed by atoms with E-state index in [1.54, 1.807) is 12.1 Å². The summed E-state index contributed by atoms with van der Waals surface area (Å²) < 4.78 is 53.6. The van der Waals surface area contributed by atoms with Crippen molar-refractivity contribution in [2.24, 2.45) is 11.6 Å². The Morgan fingerprint density at radius 3 is 2.53 bits per heavy atom. The minimum Gasteiger partial charge on any atom is -0.327 e. The van der Waals surface area contributed by atoms with Crippen molar-refractivity contribution in [3.63, 3.8) is 0 Å². The average Bonchev–Trinajstić information content (AvgIpc) is 2.37. The topological polar surface area (TPSA) is 26.0 Å². The van der Waals surface area contributed by atoms with Gasteiger partial charge in [0.15, 0.2) is 0 Å². The van der Waals surface area contributed by atoms with Crippen molar-refractivity contribution < 1.29 is 9.60 Å².